The highest BCUT2D eigenvalue weighted by Gasteiger charge is 2.14. The summed E-state index contributed by atoms with van der Waals surface area (Å²) in [6.45, 7) is 0. The van der Waals surface area contributed by atoms with Gasteiger partial charge in [-0.2, -0.15) is 0 Å². The van der Waals surface area contributed by atoms with Crippen molar-refractivity contribution in [1.29, 1.82) is 0 Å². The first-order valence-corrected chi connectivity index (χ1v) is 9.03. The predicted octanol–water partition coefficient (Wildman–Crippen LogP) is 3.73. The number of nitrogens with one attached hydrogen (secondary N) is 1. The van der Waals surface area contributed by atoms with Gasteiger partial charge in [0.1, 0.15) is 11.6 Å². The zero-order valence-corrected chi connectivity index (χ0v) is 13.0. The molecule has 0 saturated heterocycles. The molecule has 2 rings (SSSR count). The van der Waals surface area contributed by atoms with E-state index in [0.29, 0.717) is 5.56 Å². The van der Waals surface area contributed by atoms with E-state index in [4.69, 9.17) is 0 Å². The van der Waals surface area contributed by atoms with Crippen LogP contribution < -0.4 is 4.72 Å². The number of rotatable bonds is 4. The van der Waals surface area contributed by atoms with Crippen LogP contribution >= 0.6 is 11.8 Å². The lowest BCUT2D eigenvalue weighted by Gasteiger charge is -2.13. The Balaban J connectivity index is 2.63. The fraction of sp³-hybridized carbons (Fsp3) is 0.143. The van der Waals surface area contributed by atoms with Crippen molar-refractivity contribution in [1.82, 2.24) is 0 Å². The van der Waals surface area contributed by atoms with Crippen molar-refractivity contribution >= 4 is 27.5 Å². The number of halogens is 2. The number of sulfonamides is 1. The average molecular weight is 329 g/mol. The van der Waals surface area contributed by atoms with Gasteiger partial charge in [-0.15, -0.1) is 11.8 Å². The second kappa shape index (κ2) is 6.03. The highest BCUT2D eigenvalue weighted by molar-refractivity contribution is 7.98. The van der Waals surface area contributed by atoms with E-state index in [1.807, 2.05) is 6.26 Å². The Labute approximate surface area is 126 Å². The van der Waals surface area contributed by atoms with Crippen molar-refractivity contribution in [3.8, 4) is 11.1 Å². The minimum Gasteiger partial charge on any atom is -0.283 e. The van der Waals surface area contributed by atoms with Gasteiger partial charge in [-0.1, -0.05) is 0 Å². The van der Waals surface area contributed by atoms with Crippen LogP contribution in [0.1, 0.15) is 0 Å². The molecule has 2 aromatic rings. The van der Waals surface area contributed by atoms with Crippen molar-refractivity contribution in [3.05, 3.63) is 48.0 Å². The lowest BCUT2D eigenvalue weighted by molar-refractivity contribution is 0.585. The summed E-state index contributed by atoms with van der Waals surface area (Å²) in [6.07, 6.45) is 2.87. The molecule has 0 atom stereocenters. The zero-order chi connectivity index (χ0) is 15.6. The molecule has 112 valence electrons. The molecule has 0 amide bonds. The average Bonchev–Trinajstić information content (AvgIpc) is 2.38. The van der Waals surface area contributed by atoms with E-state index in [1.54, 1.807) is 18.2 Å². The Bertz CT molecular complexity index is 777. The Morgan fingerprint density at radius 2 is 1.76 bits per heavy atom. The van der Waals surface area contributed by atoms with E-state index < -0.39 is 21.7 Å². The molecule has 0 unspecified atom stereocenters. The van der Waals surface area contributed by atoms with Gasteiger partial charge in [0.05, 0.1) is 11.9 Å². The summed E-state index contributed by atoms with van der Waals surface area (Å²) >= 11 is 1.44. The summed E-state index contributed by atoms with van der Waals surface area (Å²) in [5.41, 5.74) is 0.754. The topological polar surface area (TPSA) is 46.2 Å². The molecule has 0 fully saturated rings. The Morgan fingerprint density at radius 1 is 1.05 bits per heavy atom. The Kier molecular flexibility index (Phi) is 4.53. The Hall–Kier alpha value is -1.60. The van der Waals surface area contributed by atoms with Gasteiger partial charge in [-0.05, 0) is 36.6 Å². The molecule has 0 spiro atoms. The second-order valence-corrected chi connectivity index (χ2v) is 7.04. The summed E-state index contributed by atoms with van der Waals surface area (Å²) in [6, 6.07) is 8.14. The minimum absolute atomic E-state index is 0.137. The van der Waals surface area contributed by atoms with Crippen LogP contribution in [0.25, 0.3) is 11.1 Å². The van der Waals surface area contributed by atoms with Crippen molar-refractivity contribution in [3.63, 3.8) is 0 Å². The first kappa shape index (κ1) is 15.8. The van der Waals surface area contributed by atoms with E-state index >= 15 is 0 Å². The van der Waals surface area contributed by atoms with Gasteiger partial charge in [-0.25, -0.2) is 17.2 Å². The van der Waals surface area contributed by atoms with Crippen molar-refractivity contribution < 1.29 is 17.2 Å². The van der Waals surface area contributed by atoms with Gasteiger partial charge in [0, 0.05) is 22.1 Å². The van der Waals surface area contributed by atoms with E-state index in [1.165, 1.54) is 17.8 Å². The highest BCUT2D eigenvalue weighted by Crippen LogP contribution is 2.34. The largest absolute Gasteiger partial charge is 0.283 e. The normalized spacial score (nSPS) is 11.4. The SMILES string of the molecule is CSc1ccc(NS(C)(=O)=O)c(-c2ccc(F)cc2F)c1. The molecular weight excluding hydrogens is 316 g/mol. The summed E-state index contributed by atoms with van der Waals surface area (Å²) in [7, 11) is -3.50. The standard InChI is InChI=1S/C14H13F2NO2S2/c1-20-10-4-6-14(17-21(2,18)19)12(8-10)11-5-3-9(15)7-13(11)16/h3-8,17H,1-2H3. The van der Waals surface area contributed by atoms with E-state index in [0.717, 1.165) is 23.3 Å². The van der Waals surface area contributed by atoms with Crippen LogP contribution in [-0.2, 0) is 10.0 Å². The molecular formula is C14H13F2NO2S2. The molecule has 0 bridgehead atoms. The summed E-state index contributed by atoms with van der Waals surface area (Å²) in [5.74, 6) is -1.43. The third kappa shape index (κ3) is 3.95. The molecule has 0 heterocycles. The molecule has 2 aromatic carbocycles. The summed E-state index contributed by atoms with van der Waals surface area (Å²) < 4.78 is 52.1. The first-order valence-electron chi connectivity index (χ1n) is 5.91. The predicted molar refractivity (Wildman–Crippen MR) is 82.0 cm³/mol. The summed E-state index contributed by atoms with van der Waals surface area (Å²) in [4.78, 5) is 0.841. The van der Waals surface area contributed by atoms with Crippen LogP contribution in [0.15, 0.2) is 41.3 Å². The van der Waals surface area contributed by atoms with Crippen LogP contribution in [0.4, 0.5) is 14.5 Å². The lowest BCUT2D eigenvalue weighted by Crippen LogP contribution is -2.10. The first-order chi connectivity index (χ1) is 9.80. The lowest BCUT2D eigenvalue weighted by atomic mass is 10.0. The number of benzene rings is 2. The molecule has 0 aliphatic carbocycles. The van der Waals surface area contributed by atoms with Gasteiger partial charge in [0.2, 0.25) is 10.0 Å². The molecule has 0 aliphatic heterocycles. The third-order valence-electron chi connectivity index (χ3n) is 2.74. The van der Waals surface area contributed by atoms with Crippen LogP contribution in [0.5, 0.6) is 0 Å². The van der Waals surface area contributed by atoms with Crippen molar-refractivity contribution in [2.45, 2.75) is 4.90 Å². The fourth-order valence-corrected chi connectivity index (χ4v) is 2.89. The Morgan fingerprint density at radius 3 is 2.33 bits per heavy atom. The van der Waals surface area contributed by atoms with Gasteiger partial charge >= 0.3 is 0 Å². The van der Waals surface area contributed by atoms with Crippen LogP contribution in [0.2, 0.25) is 0 Å². The number of anilines is 1. The van der Waals surface area contributed by atoms with Crippen LogP contribution in [0, 0.1) is 11.6 Å². The van der Waals surface area contributed by atoms with E-state index in [-0.39, 0.29) is 11.3 Å². The van der Waals surface area contributed by atoms with Gasteiger partial charge in [0.25, 0.3) is 0 Å². The maximum atomic E-state index is 14.0. The van der Waals surface area contributed by atoms with E-state index in [2.05, 4.69) is 4.72 Å². The fourth-order valence-electron chi connectivity index (χ4n) is 1.87. The molecule has 3 nitrogen and oxygen atoms in total. The quantitative estimate of drug-likeness (QED) is 0.870. The smallest absolute Gasteiger partial charge is 0.229 e. The maximum Gasteiger partial charge on any atom is 0.229 e. The van der Waals surface area contributed by atoms with E-state index in [9.17, 15) is 17.2 Å². The molecule has 21 heavy (non-hydrogen) atoms. The highest BCUT2D eigenvalue weighted by atomic mass is 32.2. The van der Waals surface area contributed by atoms with Gasteiger partial charge < -0.3 is 0 Å². The molecule has 0 aromatic heterocycles. The van der Waals surface area contributed by atoms with Gasteiger partial charge in [0.15, 0.2) is 0 Å². The molecule has 0 aliphatic rings. The van der Waals surface area contributed by atoms with Crippen LogP contribution in [0.3, 0.4) is 0 Å². The minimum atomic E-state index is -3.50. The number of hydrogen-bond acceptors (Lipinski definition) is 3. The van der Waals surface area contributed by atoms with Gasteiger partial charge in [-0.3, -0.25) is 4.72 Å². The summed E-state index contributed by atoms with van der Waals surface area (Å²) in [5, 5.41) is 0. The van der Waals surface area contributed by atoms with Crippen molar-refractivity contribution in [2.75, 3.05) is 17.2 Å². The molecule has 1 N–H and O–H groups in total. The number of thioether (sulfide) groups is 1. The molecule has 7 heteroatoms. The van der Waals surface area contributed by atoms with Crippen molar-refractivity contribution in [2.24, 2.45) is 0 Å². The zero-order valence-electron chi connectivity index (χ0n) is 11.4. The second-order valence-electron chi connectivity index (χ2n) is 4.41. The third-order valence-corrected chi connectivity index (χ3v) is 4.06. The maximum absolute atomic E-state index is 14.0. The van der Waals surface area contributed by atoms with Crippen LogP contribution in [-0.4, -0.2) is 20.9 Å². The number of hydrogen-bond donors (Lipinski definition) is 1. The monoisotopic (exact) mass is 329 g/mol. The molecule has 0 saturated carbocycles. The molecule has 0 radical (unpaired) electrons.